The minimum Gasteiger partial charge on any atom is -0.329 e. The molecule has 2 rings (SSSR count). The van der Waals surface area contributed by atoms with Crippen LogP contribution in [0.2, 0.25) is 0 Å². The van der Waals surface area contributed by atoms with E-state index in [0.29, 0.717) is 6.54 Å². The molecule has 0 aromatic heterocycles. The standard InChI is InChI=1S/C16H23NO/c1-12-8-13(2)10-14(9-12)15(18)16(11-17)6-4-3-5-7-16/h8-10H,3-7,11,17H2,1-2H3. The molecule has 1 fully saturated rings. The zero-order valence-corrected chi connectivity index (χ0v) is 11.5. The fraction of sp³-hybridized carbons (Fsp3) is 0.562. The highest BCUT2D eigenvalue weighted by Gasteiger charge is 2.38. The molecule has 0 atom stereocenters. The molecule has 0 saturated heterocycles. The summed E-state index contributed by atoms with van der Waals surface area (Å²) in [5.74, 6) is 0.261. The molecule has 0 bridgehead atoms. The van der Waals surface area contributed by atoms with E-state index in [2.05, 4.69) is 6.07 Å². The Balaban J connectivity index is 2.33. The van der Waals surface area contributed by atoms with Gasteiger partial charge in [-0.15, -0.1) is 0 Å². The van der Waals surface area contributed by atoms with Crippen LogP contribution in [0.1, 0.15) is 53.6 Å². The number of nitrogens with two attached hydrogens (primary N) is 1. The Hall–Kier alpha value is -1.15. The highest BCUT2D eigenvalue weighted by molar-refractivity contribution is 6.01. The van der Waals surface area contributed by atoms with E-state index in [1.54, 1.807) is 0 Å². The summed E-state index contributed by atoms with van der Waals surface area (Å²) in [5, 5.41) is 0. The van der Waals surface area contributed by atoms with Crippen molar-refractivity contribution in [2.75, 3.05) is 6.54 Å². The van der Waals surface area contributed by atoms with Crippen LogP contribution in [0.25, 0.3) is 0 Å². The van der Waals surface area contributed by atoms with Crippen molar-refractivity contribution in [2.45, 2.75) is 46.0 Å². The minimum absolute atomic E-state index is 0.261. The van der Waals surface area contributed by atoms with Gasteiger partial charge in [-0.2, -0.15) is 0 Å². The van der Waals surface area contributed by atoms with E-state index in [1.165, 1.54) is 6.42 Å². The minimum atomic E-state index is -0.293. The normalized spacial score (nSPS) is 18.6. The number of rotatable bonds is 3. The van der Waals surface area contributed by atoms with Crippen LogP contribution in [0.4, 0.5) is 0 Å². The van der Waals surface area contributed by atoms with Crippen molar-refractivity contribution < 1.29 is 4.79 Å². The molecule has 0 spiro atoms. The molecular formula is C16H23NO. The van der Waals surface area contributed by atoms with Crippen LogP contribution in [0, 0.1) is 19.3 Å². The Kier molecular flexibility index (Phi) is 3.86. The molecule has 0 aliphatic heterocycles. The maximum atomic E-state index is 12.8. The maximum absolute atomic E-state index is 12.8. The summed E-state index contributed by atoms with van der Waals surface area (Å²) < 4.78 is 0. The Morgan fingerprint density at radius 1 is 1.11 bits per heavy atom. The highest BCUT2D eigenvalue weighted by Crippen LogP contribution is 2.38. The molecule has 1 aliphatic carbocycles. The number of benzene rings is 1. The Labute approximate surface area is 110 Å². The summed E-state index contributed by atoms with van der Waals surface area (Å²) in [6, 6.07) is 6.11. The summed E-state index contributed by atoms with van der Waals surface area (Å²) in [6.07, 6.45) is 5.41. The molecule has 2 nitrogen and oxygen atoms in total. The van der Waals surface area contributed by atoms with E-state index in [9.17, 15) is 4.79 Å². The first-order valence-corrected chi connectivity index (χ1v) is 6.91. The molecule has 1 aromatic rings. The second-order valence-electron chi connectivity index (χ2n) is 5.75. The quantitative estimate of drug-likeness (QED) is 0.829. The fourth-order valence-electron chi connectivity index (χ4n) is 3.16. The van der Waals surface area contributed by atoms with Crippen molar-refractivity contribution in [1.29, 1.82) is 0 Å². The van der Waals surface area contributed by atoms with Crippen LogP contribution >= 0.6 is 0 Å². The van der Waals surface area contributed by atoms with Crippen LogP contribution in [0.5, 0.6) is 0 Å². The molecule has 2 N–H and O–H groups in total. The lowest BCUT2D eigenvalue weighted by Crippen LogP contribution is -2.40. The van der Waals surface area contributed by atoms with Gasteiger partial charge in [0, 0.05) is 17.5 Å². The molecule has 1 aliphatic rings. The number of Topliss-reactive ketones (excluding diaryl/α,β-unsaturated/α-hetero) is 1. The zero-order valence-electron chi connectivity index (χ0n) is 11.5. The molecule has 2 heteroatoms. The van der Waals surface area contributed by atoms with Crippen LogP contribution in [-0.4, -0.2) is 12.3 Å². The third kappa shape index (κ3) is 2.49. The summed E-state index contributed by atoms with van der Waals surface area (Å²) in [6.45, 7) is 4.57. The Morgan fingerprint density at radius 2 is 1.67 bits per heavy atom. The lowest BCUT2D eigenvalue weighted by atomic mass is 9.69. The number of carbonyl (C=O) groups is 1. The van der Waals surface area contributed by atoms with Gasteiger partial charge in [-0.05, 0) is 38.8 Å². The van der Waals surface area contributed by atoms with Gasteiger partial charge >= 0.3 is 0 Å². The lowest BCUT2D eigenvalue weighted by Gasteiger charge is -2.34. The van der Waals surface area contributed by atoms with E-state index in [-0.39, 0.29) is 11.2 Å². The van der Waals surface area contributed by atoms with Crippen LogP contribution in [0.3, 0.4) is 0 Å². The predicted octanol–water partition coefficient (Wildman–Crippen LogP) is 3.40. The maximum Gasteiger partial charge on any atom is 0.170 e. The number of hydrogen-bond donors (Lipinski definition) is 1. The molecule has 98 valence electrons. The summed E-state index contributed by atoms with van der Waals surface area (Å²) >= 11 is 0. The smallest absolute Gasteiger partial charge is 0.170 e. The summed E-state index contributed by atoms with van der Waals surface area (Å²) in [7, 11) is 0. The second-order valence-corrected chi connectivity index (χ2v) is 5.75. The molecular weight excluding hydrogens is 222 g/mol. The van der Waals surface area contributed by atoms with Crippen molar-refractivity contribution in [1.82, 2.24) is 0 Å². The van der Waals surface area contributed by atoms with Crippen molar-refractivity contribution in [3.05, 3.63) is 34.9 Å². The van der Waals surface area contributed by atoms with Crippen LogP contribution in [-0.2, 0) is 0 Å². The van der Waals surface area contributed by atoms with Gasteiger partial charge in [-0.25, -0.2) is 0 Å². The largest absolute Gasteiger partial charge is 0.329 e. The SMILES string of the molecule is Cc1cc(C)cc(C(=O)C2(CN)CCCCC2)c1. The van der Waals surface area contributed by atoms with Crippen molar-refractivity contribution in [3.8, 4) is 0 Å². The number of ketones is 1. The van der Waals surface area contributed by atoms with Crippen molar-refractivity contribution in [2.24, 2.45) is 11.1 Å². The first-order chi connectivity index (χ1) is 8.57. The van der Waals surface area contributed by atoms with Crippen LogP contribution in [0.15, 0.2) is 18.2 Å². The Bertz CT molecular complexity index is 424. The number of carbonyl (C=O) groups excluding carboxylic acids is 1. The number of aryl methyl sites for hydroxylation is 2. The molecule has 0 amide bonds. The number of hydrogen-bond acceptors (Lipinski definition) is 2. The summed E-state index contributed by atoms with van der Waals surface area (Å²) in [4.78, 5) is 12.8. The average Bonchev–Trinajstić information content (AvgIpc) is 2.37. The van der Waals surface area contributed by atoms with Gasteiger partial charge in [-0.1, -0.05) is 36.5 Å². The third-order valence-electron chi connectivity index (χ3n) is 4.17. The molecule has 0 unspecified atom stereocenters. The molecule has 1 aromatic carbocycles. The van der Waals surface area contributed by atoms with Gasteiger partial charge in [-0.3, -0.25) is 4.79 Å². The van der Waals surface area contributed by atoms with Crippen molar-refractivity contribution >= 4 is 5.78 Å². The molecule has 18 heavy (non-hydrogen) atoms. The van der Waals surface area contributed by atoms with E-state index < -0.39 is 0 Å². The van der Waals surface area contributed by atoms with Crippen LogP contribution < -0.4 is 5.73 Å². The third-order valence-corrected chi connectivity index (χ3v) is 4.17. The van der Waals surface area contributed by atoms with Gasteiger partial charge in [0.2, 0.25) is 0 Å². The van der Waals surface area contributed by atoms with Gasteiger partial charge in [0.1, 0.15) is 0 Å². The highest BCUT2D eigenvalue weighted by atomic mass is 16.1. The molecule has 0 heterocycles. The first kappa shape index (κ1) is 13.3. The van der Waals surface area contributed by atoms with Gasteiger partial charge in [0.05, 0.1) is 0 Å². The lowest BCUT2D eigenvalue weighted by molar-refractivity contribution is 0.0729. The predicted molar refractivity (Wildman–Crippen MR) is 74.8 cm³/mol. The van der Waals surface area contributed by atoms with E-state index in [4.69, 9.17) is 5.73 Å². The van der Waals surface area contributed by atoms with Crippen molar-refractivity contribution in [3.63, 3.8) is 0 Å². The topological polar surface area (TPSA) is 43.1 Å². The van der Waals surface area contributed by atoms with Gasteiger partial charge in [0.15, 0.2) is 5.78 Å². The van der Waals surface area contributed by atoms with E-state index >= 15 is 0 Å². The fourth-order valence-corrected chi connectivity index (χ4v) is 3.16. The second kappa shape index (κ2) is 5.23. The van der Waals surface area contributed by atoms with Gasteiger partial charge in [0.25, 0.3) is 0 Å². The summed E-state index contributed by atoms with van der Waals surface area (Å²) in [5.41, 5.74) is 8.79. The van der Waals surface area contributed by atoms with E-state index in [1.807, 2.05) is 26.0 Å². The first-order valence-electron chi connectivity index (χ1n) is 6.91. The Morgan fingerprint density at radius 3 is 2.17 bits per heavy atom. The molecule has 0 radical (unpaired) electrons. The molecule has 1 saturated carbocycles. The zero-order chi connectivity index (χ0) is 13.2. The van der Waals surface area contributed by atoms with Gasteiger partial charge < -0.3 is 5.73 Å². The monoisotopic (exact) mass is 245 g/mol. The van der Waals surface area contributed by atoms with E-state index in [0.717, 1.165) is 42.4 Å². The average molecular weight is 245 g/mol.